The van der Waals surface area contributed by atoms with E-state index in [1.165, 1.54) is 29.5 Å². The smallest absolute Gasteiger partial charge is 0.349 e. The third-order valence-electron chi connectivity index (χ3n) is 3.91. The van der Waals surface area contributed by atoms with Gasteiger partial charge < -0.3 is 9.74 Å². The van der Waals surface area contributed by atoms with Gasteiger partial charge in [0.25, 0.3) is 0 Å². The van der Waals surface area contributed by atoms with Crippen molar-refractivity contribution >= 4 is 17.7 Å². The van der Waals surface area contributed by atoms with Gasteiger partial charge in [-0.3, -0.25) is 0 Å². The van der Waals surface area contributed by atoms with E-state index in [9.17, 15) is 9.18 Å². The van der Waals surface area contributed by atoms with Gasteiger partial charge >= 0.3 is 5.97 Å². The summed E-state index contributed by atoms with van der Waals surface area (Å²) >= 11 is 0. The second kappa shape index (κ2) is 6.62. The van der Waals surface area contributed by atoms with Gasteiger partial charge in [0.05, 0.1) is 0 Å². The van der Waals surface area contributed by atoms with E-state index in [4.69, 9.17) is 5.90 Å². The minimum absolute atomic E-state index is 0.219. The average Bonchev–Trinajstić information content (AvgIpc) is 2.97. The molecule has 0 saturated carbocycles. The number of fused-ring (bicyclic) bond motifs is 1. The molecule has 5 heteroatoms. The Balaban J connectivity index is 1.74. The minimum atomic E-state index is -0.580. The number of rotatable bonds is 4. The Bertz CT molecular complexity index is 741. The molecule has 0 bridgehead atoms. The molecule has 3 rings (SSSR count). The standard InChI is InChI=1S/C18H17FN2O2/c19-16-5-1-14(2-6-16)12-21-10-9-15-11-13(3-7-17(15)21)4-8-18(22)23-20/h1-8,11H,9-10,12,20H2/b8-4+. The molecule has 118 valence electrons. The fraction of sp³-hybridized carbons (Fsp3) is 0.167. The van der Waals surface area contributed by atoms with E-state index >= 15 is 0 Å². The Kier molecular flexibility index (Phi) is 4.39. The number of benzene rings is 2. The minimum Gasteiger partial charge on any atom is -0.370 e. The third-order valence-corrected chi connectivity index (χ3v) is 3.91. The summed E-state index contributed by atoms with van der Waals surface area (Å²) in [4.78, 5) is 17.4. The summed E-state index contributed by atoms with van der Waals surface area (Å²) in [6.07, 6.45) is 3.92. The Hall–Kier alpha value is -2.66. The van der Waals surface area contributed by atoms with Crippen LogP contribution in [0.5, 0.6) is 0 Å². The van der Waals surface area contributed by atoms with Crippen molar-refractivity contribution < 1.29 is 14.0 Å². The van der Waals surface area contributed by atoms with E-state index in [1.807, 2.05) is 24.3 Å². The van der Waals surface area contributed by atoms with Crippen molar-refractivity contribution in [1.29, 1.82) is 0 Å². The highest BCUT2D eigenvalue weighted by Crippen LogP contribution is 2.30. The van der Waals surface area contributed by atoms with Crippen LogP contribution in [0.1, 0.15) is 16.7 Å². The molecular formula is C18H17FN2O2. The molecule has 2 aromatic carbocycles. The second-order valence-corrected chi connectivity index (χ2v) is 5.46. The number of nitrogens with zero attached hydrogens (tertiary/aromatic N) is 1. The number of carbonyl (C=O) groups is 1. The Labute approximate surface area is 133 Å². The topological polar surface area (TPSA) is 55.6 Å². The summed E-state index contributed by atoms with van der Waals surface area (Å²) in [5.74, 6) is 4.00. The van der Waals surface area contributed by atoms with Crippen molar-refractivity contribution in [3.05, 3.63) is 71.0 Å². The van der Waals surface area contributed by atoms with E-state index in [0.717, 1.165) is 30.6 Å². The van der Waals surface area contributed by atoms with Crippen molar-refractivity contribution in [3.8, 4) is 0 Å². The summed E-state index contributed by atoms with van der Waals surface area (Å²) in [6.45, 7) is 1.67. The predicted octanol–water partition coefficient (Wildman–Crippen LogP) is 2.82. The van der Waals surface area contributed by atoms with Crippen LogP contribution >= 0.6 is 0 Å². The molecule has 1 heterocycles. The summed E-state index contributed by atoms with van der Waals surface area (Å²) in [6, 6.07) is 12.6. The number of carbonyl (C=O) groups excluding carboxylic acids is 1. The zero-order valence-corrected chi connectivity index (χ0v) is 12.5. The van der Waals surface area contributed by atoms with E-state index in [0.29, 0.717) is 0 Å². The van der Waals surface area contributed by atoms with E-state index in [2.05, 4.69) is 15.8 Å². The molecule has 0 aliphatic carbocycles. The van der Waals surface area contributed by atoms with Gasteiger partial charge in [-0.2, -0.15) is 5.90 Å². The Morgan fingerprint density at radius 1 is 1.26 bits per heavy atom. The molecule has 23 heavy (non-hydrogen) atoms. The molecule has 0 spiro atoms. The molecule has 0 unspecified atom stereocenters. The van der Waals surface area contributed by atoms with Crippen LogP contribution in [-0.2, 0) is 22.6 Å². The van der Waals surface area contributed by atoms with E-state index in [-0.39, 0.29) is 5.82 Å². The fourth-order valence-electron chi connectivity index (χ4n) is 2.77. The van der Waals surface area contributed by atoms with E-state index < -0.39 is 5.97 Å². The molecular weight excluding hydrogens is 295 g/mol. The van der Waals surface area contributed by atoms with Crippen LogP contribution in [0.2, 0.25) is 0 Å². The Morgan fingerprint density at radius 2 is 2.04 bits per heavy atom. The highest BCUT2D eigenvalue weighted by atomic mass is 19.1. The third kappa shape index (κ3) is 3.57. The van der Waals surface area contributed by atoms with Crippen LogP contribution in [-0.4, -0.2) is 12.5 Å². The fourth-order valence-corrected chi connectivity index (χ4v) is 2.77. The molecule has 1 aliphatic heterocycles. The number of halogens is 1. The Morgan fingerprint density at radius 3 is 2.78 bits per heavy atom. The van der Waals surface area contributed by atoms with Crippen LogP contribution in [0.25, 0.3) is 6.08 Å². The van der Waals surface area contributed by atoms with Gasteiger partial charge in [0.1, 0.15) is 5.82 Å². The molecule has 0 saturated heterocycles. The lowest BCUT2D eigenvalue weighted by Crippen LogP contribution is -2.19. The van der Waals surface area contributed by atoms with Crippen molar-refractivity contribution in [2.75, 3.05) is 11.4 Å². The lowest BCUT2D eigenvalue weighted by atomic mass is 10.1. The summed E-state index contributed by atoms with van der Waals surface area (Å²) in [5, 5.41) is 0. The molecule has 0 radical (unpaired) electrons. The van der Waals surface area contributed by atoms with Crippen LogP contribution in [0.3, 0.4) is 0 Å². The summed E-state index contributed by atoms with van der Waals surface area (Å²) < 4.78 is 13.0. The van der Waals surface area contributed by atoms with Crippen LogP contribution in [0, 0.1) is 5.82 Å². The zero-order chi connectivity index (χ0) is 16.2. The predicted molar refractivity (Wildman–Crippen MR) is 86.9 cm³/mol. The number of anilines is 1. The summed E-state index contributed by atoms with van der Waals surface area (Å²) in [7, 11) is 0. The van der Waals surface area contributed by atoms with Crippen LogP contribution < -0.4 is 10.8 Å². The molecule has 2 N–H and O–H groups in total. The van der Waals surface area contributed by atoms with Gasteiger partial charge in [-0.15, -0.1) is 0 Å². The molecule has 0 atom stereocenters. The number of nitrogens with two attached hydrogens (primary N) is 1. The van der Waals surface area contributed by atoms with Crippen molar-refractivity contribution in [1.82, 2.24) is 0 Å². The SMILES string of the molecule is NOC(=O)/C=C/c1ccc2c(c1)CCN2Cc1ccc(F)cc1. The molecule has 0 amide bonds. The maximum Gasteiger partial charge on any atom is 0.349 e. The molecule has 0 fully saturated rings. The lowest BCUT2D eigenvalue weighted by Gasteiger charge is -2.19. The molecule has 2 aromatic rings. The van der Waals surface area contributed by atoms with Gasteiger partial charge in [-0.25, -0.2) is 9.18 Å². The first-order valence-corrected chi connectivity index (χ1v) is 7.37. The number of hydrogen-bond donors (Lipinski definition) is 1. The quantitative estimate of drug-likeness (QED) is 0.697. The highest BCUT2D eigenvalue weighted by Gasteiger charge is 2.19. The van der Waals surface area contributed by atoms with Crippen molar-refractivity contribution in [3.63, 3.8) is 0 Å². The van der Waals surface area contributed by atoms with Gasteiger partial charge in [-0.05, 0) is 53.5 Å². The first kappa shape index (κ1) is 15.2. The van der Waals surface area contributed by atoms with Crippen molar-refractivity contribution in [2.24, 2.45) is 5.90 Å². The van der Waals surface area contributed by atoms with Crippen LogP contribution in [0.15, 0.2) is 48.5 Å². The largest absolute Gasteiger partial charge is 0.370 e. The van der Waals surface area contributed by atoms with E-state index in [1.54, 1.807) is 6.08 Å². The zero-order valence-electron chi connectivity index (χ0n) is 12.5. The van der Waals surface area contributed by atoms with Gasteiger partial charge in [0, 0.05) is 24.9 Å². The monoisotopic (exact) mass is 312 g/mol. The maximum atomic E-state index is 13.0. The van der Waals surface area contributed by atoms with Crippen LogP contribution in [0.4, 0.5) is 10.1 Å². The first-order chi connectivity index (χ1) is 11.2. The van der Waals surface area contributed by atoms with Gasteiger partial charge in [0.15, 0.2) is 0 Å². The van der Waals surface area contributed by atoms with Gasteiger partial charge in [-0.1, -0.05) is 18.2 Å². The highest BCUT2D eigenvalue weighted by molar-refractivity contribution is 5.87. The van der Waals surface area contributed by atoms with Crippen molar-refractivity contribution in [2.45, 2.75) is 13.0 Å². The number of hydrogen-bond acceptors (Lipinski definition) is 4. The average molecular weight is 312 g/mol. The molecule has 1 aliphatic rings. The first-order valence-electron chi connectivity index (χ1n) is 7.37. The lowest BCUT2D eigenvalue weighted by molar-refractivity contribution is -0.138. The van der Waals surface area contributed by atoms with Gasteiger partial charge in [0.2, 0.25) is 0 Å². The normalized spacial score (nSPS) is 13.4. The molecule has 0 aromatic heterocycles. The molecule has 4 nitrogen and oxygen atoms in total. The second-order valence-electron chi connectivity index (χ2n) is 5.46. The summed E-state index contributed by atoms with van der Waals surface area (Å²) in [5.41, 5.74) is 4.41. The maximum absolute atomic E-state index is 13.0.